The number of hydrogen-bond donors (Lipinski definition) is 4. The fourth-order valence-corrected chi connectivity index (χ4v) is 2.81. The van der Waals surface area contributed by atoms with E-state index in [9.17, 15) is 13.2 Å². The molecular formula is C12H18N2O6S. The van der Waals surface area contributed by atoms with E-state index < -0.39 is 29.3 Å². The number of nitrogens with one attached hydrogen (secondary N) is 2. The molecule has 0 atom stereocenters. The monoisotopic (exact) mass is 318 g/mol. The number of benzene rings is 1. The molecule has 0 fully saturated rings. The van der Waals surface area contributed by atoms with Crippen LogP contribution in [0.2, 0.25) is 0 Å². The normalized spacial score (nSPS) is 11.5. The van der Waals surface area contributed by atoms with Crippen molar-refractivity contribution in [1.29, 1.82) is 0 Å². The van der Waals surface area contributed by atoms with Crippen molar-refractivity contribution in [3.8, 4) is 5.75 Å². The van der Waals surface area contributed by atoms with Crippen molar-refractivity contribution in [3.05, 3.63) is 18.2 Å². The highest BCUT2D eigenvalue weighted by molar-refractivity contribution is 7.89. The number of aliphatic hydroxyl groups excluding tert-OH is 2. The Kier molecular flexibility index (Phi) is 6.09. The molecule has 9 heteroatoms. The molecule has 8 nitrogen and oxygen atoms in total. The SMILES string of the molecule is COc1ccc(S(=O)(=O)NC(CO)CO)cc1NC(C)=O. The molecule has 0 unspecified atom stereocenters. The molecule has 21 heavy (non-hydrogen) atoms. The molecule has 4 N–H and O–H groups in total. The first-order valence-electron chi connectivity index (χ1n) is 6.03. The van der Waals surface area contributed by atoms with Crippen LogP contribution in [0.3, 0.4) is 0 Å². The van der Waals surface area contributed by atoms with E-state index in [1.54, 1.807) is 0 Å². The minimum Gasteiger partial charge on any atom is -0.495 e. The third-order valence-electron chi connectivity index (χ3n) is 2.55. The van der Waals surface area contributed by atoms with Crippen molar-refractivity contribution >= 4 is 21.6 Å². The van der Waals surface area contributed by atoms with Gasteiger partial charge in [-0.2, -0.15) is 0 Å². The molecule has 0 aliphatic carbocycles. The largest absolute Gasteiger partial charge is 0.495 e. The Hall–Kier alpha value is -1.68. The maximum Gasteiger partial charge on any atom is 0.241 e. The van der Waals surface area contributed by atoms with Gasteiger partial charge >= 0.3 is 0 Å². The minimum absolute atomic E-state index is 0.126. The lowest BCUT2D eigenvalue weighted by Gasteiger charge is -2.15. The van der Waals surface area contributed by atoms with Crippen LogP contribution in [-0.2, 0) is 14.8 Å². The van der Waals surface area contributed by atoms with E-state index in [-0.39, 0.29) is 16.5 Å². The van der Waals surface area contributed by atoms with Gasteiger partial charge in [-0.1, -0.05) is 0 Å². The highest BCUT2D eigenvalue weighted by Crippen LogP contribution is 2.27. The van der Waals surface area contributed by atoms with Gasteiger partial charge in [0.2, 0.25) is 15.9 Å². The zero-order valence-electron chi connectivity index (χ0n) is 11.7. The summed E-state index contributed by atoms with van der Waals surface area (Å²) in [5.74, 6) is -0.0654. The van der Waals surface area contributed by atoms with Crippen molar-refractivity contribution in [1.82, 2.24) is 4.72 Å². The Morgan fingerprint density at radius 1 is 1.33 bits per heavy atom. The molecule has 1 aromatic rings. The highest BCUT2D eigenvalue weighted by atomic mass is 32.2. The summed E-state index contributed by atoms with van der Waals surface area (Å²) < 4.78 is 31.4. The molecule has 0 bridgehead atoms. The molecule has 0 saturated carbocycles. The average Bonchev–Trinajstić information content (AvgIpc) is 2.44. The van der Waals surface area contributed by atoms with Crippen LogP contribution in [0.25, 0.3) is 0 Å². The number of anilines is 1. The van der Waals surface area contributed by atoms with Crippen LogP contribution in [0.5, 0.6) is 5.75 Å². The molecule has 0 aromatic heterocycles. The number of hydrogen-bond acceptors (Lipinski definition) is 6. The number of carbonyl (C=O) groups is 1. The van der Waals surface area contributed by atoms with Gasteiger partial charge in [0.1, 0.15) is 5.75 Å². The number of carbonyl (C=O) groups excluding carboxylic acids is 1. The van der Waals surface area contributed by atoms with Gasteiger partial charge in [0.25, 0.3) is 0 Å². The van der Waals surface area contributed by atoms with Gasteiger partial charge < -0.3 is 20.3 Å². The summed E-state index contributed by atoms with van der Waals surface area (Å²) in [4.78, 5) is 11.0. The lowest BCUT2D eigenvalue weighted by Crippen LogP contribution is -2.40. The van der Waals surface area contributed by atoms with Crippen LogP contribution in [0, 0.1) is 0 Å². The van der Waals surface area contributed by atoms with Gasteiger partial charge in [0.05, 0.1) is 36.9 Å². The van der Waals surface area contributed by atoms with E-state index >= 15 is 0 Å². The van der Waals surface area contributed by atoms with Crippen molar-refractivity contribution in [2.45, 2.75) is 17.9 Å². The van der Waals surface area contributed by atoms with E-state index in [1.807, 2.05) is 0 Å². The average molecular weight is 318 g/mol. The molecule has 1 amide bonds. The minimum atomic E-state index is -3.94. The Bertz CT molecular complexity index is 598. The Labute approximate surface area is 122 Å². The number of ether oxygens (including phenoxy) is 1. The van der Waals surface area contributed by atoms with Crippen molar-refractivity contribution in [3.63, 3.8) is 0 Å². The van der Waals surface area contributed by atoms with Crippen LogP contribution in [0.1, 0.15) is 6.92 Å². The van der Waals surface area contributed by atoms with E-state index in [0.29, 0.717) is 5.75 Å². The number of sulfonamides is 1. The molecule has 0 saturated heterocycles. The summed E-state index contributed by atoms with van der Waals surface area (Å²) in [6, 6.07) is 2.92. The third-order valence-corrected chi connectivity index (χ3v) is 4.07. The number of methoxy groups -OCH3 is 1. The second-order valence-corrected chi connectivity index (χ2v) is 5.94. The molecule has 0 spiro atoms. The van der Waals surface area contributed by atoms with Gasteiger partial charge in [-0.15, -0.1) is 0 Å². The maximum atomic E-state index is 12.1. The Morgan fingerprint density at radius 3 is 2.43 bits per heavy atom. The molecule has 0 aliphatic rings. The summed E-state index contributed by atoms with van der Waals surface area (Å²) in [5, 5.41) is 20.3. The van der Waals surface area contributed by atoms with Gasteiger partial charge in [0.15, 0.2) is 0 Å². The van der Waals surface area contributed by atoms with Gasteiger partial charge in [-0.05, 0) is 18.2 Å². The van der Waals surface area contributed by atoms with E-state index in [1.165, 1.54) is 32.2 Å². The van der Waals surface area contributed by atoms with Crippen molar-refractivity contribution in [2.24, 2.45) is 0 Å². The molecule has 1 rings (SSSR count). The summed E-state index contributed by atoms with van der Waals surface area (Å²) in [6.45, 7) is 0.210. The standard InChI is InChI=1S/C12H18N2O6S/c1-8(17)13-11-5-10(3-4-12(11)20-2)21(18,19)14-9(6-15)7-16/h3-5,9,14-16H,6-7H2,1-2H3,(H,13,17). The zero-order chi connectivity index (χ0) is 16.0. The summed E-state index contributed by atoms with van der Waals surface area (Å²) in [7, 11) is -2.55. The summed E-state index contributed by atoms with van der Waals surface area (Å²) in [5.41, 5.74) is 0.206. The summed E-state index contributed by atoms with van der Waals surface area (Å²) >= 11 is 0. The lowest BCUT2D eigenvalue weighted by atomic mass is 10.3. The quantitative estimate of drug-likeness (QED) is 0.526. The van der Waals surface area contributed by atoms with Gasteiger partial charge in [-0.25, -0.2) is 13.1 Å². The van der Waals surface area contributed by atoms with E-state index in [2.05, 4.69) is 10.0 Å². The second kappa shape index (κ2) is 7.36. The van der Waals surface area contributed by atoms with Crippen LogP contribution in [0.15, 0.2) is 23.1 Å². The molecule has 0 heterocycles. The predicted octanol–water partition coefficient (Wildman–Crippen LogP) is -0.715. The van der Waals surface area contributed by atoms with E-state index in [0.717, 1.165) is 0 Å². The first kappa shape index (κ1) is 17.4. The first-order valence-corrected chi connectivity index (χ1v) is 7.52. The number of aliphatic hydroxyl groups is 2. The molecule has 118 valence electrons. The fraction of sp³-hybridized carbons (Fsp3) is 0.417. The molecule has 0 radical (unpaired) electrons. The second-order valence-electron chi connectivity index (χ2n) is 4.23. The first-order chi connectivity index (χ1) is 9.83. The zero-order valence-corrected chi connectivity index (χ0v) is 12.5. The third kappa shape index (κ3) is 4.67. The van der Waals surface area contributed by atoms with Crippen LogP contribution < -0.4 is 14.8 Å². The highest BCUT2D eigenvalue weighted by Gasteiger charge is 2.20. The topological polar surface area (TPSA) is 125 Å². The predicted molar refractivity (Wildman–Crippen MR) is 75.6 cm³/mol. The van der Waals surface area contributed by atoms with Gasteiger partial charge in [0, 0.05) is 6.92 Å². The smallest absolute Gasteiger partial charge is 0.241 e. The molecular weight excluding hydrogens is 300 g/mol. The molecule has 0 aliphatic heterocycles. The van der Waals surface area contributed by atoms with Crippen molar-refractivity contribution < 1.29 is 28.2 Å². The van der Waals surface area contributed by atoms with E-state index in [4.69, 9.17) is 14.9 Å². The van der Waals surface area contributed by atoms with Crippen LogP contribution in [-0.4, -0.2) is 50.9 Å². The van der Waals surface area contributed by atoms with Crippen LogP contribution >= 0.6 is 0 Å². The Balaban J connectivity index is 3.15. The fourth-order valence-electron chi connectivity index (χ4n) is 1.56. The summed E-state index contributed by atoms with van der Waals surface area (Å²) in [6.07, 6.45) is 0. The molecule has 1 aromatic carbocycles. The maximum absolute atomic E-state index is 12.1. The Morgan fingerprint density at radius 2 is 1.95 bits per heavy atom. The van der Waals surface area contributed by atoms with Gasteiger partial charge in [-0.3, -0.25) is 4.79 Å². The number of amides is 1. The van der Waals surface area contributed by atoms with Crippen molar-refractivity contribution in [2.75, 3.05) is 25.6 Å². The number of rotatable bonds is 7. The lowest BCUT2D eigenvalue weighted by molar-refractivity contribution is -0.114. The van der Waals surface area contributed by atoms with Crippen LogP contribution in [0.4, 0.5) is 5.69 Å².